The van der Waals surface area contributed by atoms with Gasteiger partial charge in [0.15, 0.2) is 0 Å². The van der Waals surface area contributed by atoms with Gasteiger partial charge in [-0.3, -0.25) is 0 Å². The molecule has 1 aliphatic heterocycles. The van der Waals surface area contributed by atoms with Crippen LogP contribution in [0.2, 0.25) is 0 Å². The number of nitrogens with one attached hydrogen (secondary N) is 2. The largest absolute Gasteiger partial charge is 0.506 e. The summed E-state index contributed by atoms with van der Waals surface area (Å²) in [4.78, 5) is 0. The van der Waals surface area contributed by atoms with Crippen molar-refractivity contribution in [2.75, 3.05) is 10.6 Å². The molecule has 0 radical (unpaired) electrons. The van der Waals surface area contributed by atoms with Crippen LogP contribution in [0.25, 0.3) is 0 Å². The van der Waals surface area contributed by atoms with E-state index in [-0.39, 0.29) is 45.7 Å². The van der Waals surface area contributed by atoms with Crippen molar-refractivity contribution in [1.82, 2.24) is 0 Å². The third kappa shape index (κ3) is 1.29. The zero-order valence-corrected chi connectivity index (χ0v) is 9.10. The molecule has 0 atom stereocenters. The summed E-state index contributed by atoms with van der Waals surface area (Å²) in [5, 5.41) is 44.4. The van der Waals surface area contributed by atoms with Gasteiger partial charge >= 0.3 is 0 Å². The minimum atomic E-state index is -0.0799. The van der Waals surface area contributed by atoms with Gasteiger partial charge in [-0.25, -0.2) is 0 Å². The summed E-state index contributed by atoms with van der Waals surface area (Å²) < 4.78 is 0. The van der Waals surface area contributed by atoms with Gasteiger partial charge in [-0.05, 0) is 24.3 Å². The zero-order valence-electron chi connectivity index (χ0n) is 9.10. The Kier molecular flexibility index (Phi) is 1.94. The van der Waals surface area contributed by atoms with E-state index in [4.69, 9.17) is 0 Å². The van der Waals surface area contributed by atoms with Gasteiger partial charge in [0.25, 0.3) is 0 Å². The topological polar surface area (TPSA) is 105 Å². The van der Waals surface area contributed by atoms with Crippen LogP contribution in [0.4, 0.5) is 22.7 Å². The van der Waals surface area contributed by atoms with Crippen molar-refractivity contribution in [3.63, 3.8) is 0 Å². The van der Waals surface area contributed by atoms with E-state index in [2.05, 4.69) is 10.6 Å². The van der Waals surface area contributed by atoms with Gasteiger partial charge < -0.3 is 31.1 Å². The Balaban J connectivity index is 2.24. The number of fused-ring (bicyclic) bond motifs is 2. The molecule has 18 heavy (non-hydrogen) atoms. The molecule has 0 bridgehead atoms. The number of phenols is 4. The van der Waals surface area contributed by atoms with Crippen molar-refractivity contribution in [2.24, 2.45) is 0 Å². The molecule has 0 saturated heterocycles. The van der Waals surface area contributed by atoms with E-state index in [1.54, 1.807) is 0 Å². The average molecular weight is 246 g/mol. The van der Waals surface area contributed by atoms with Gasteiger partial charge in [0.1, 0.15) is 45.7 Å². The number of aromatic hydroxyl groups is 4. The van der Waals surface area contributed by atoms with Gasteiger partial charge in [0, 0.05) is 0 Å². The lowest BCUT2D eigenvalue weighted by molar-refractivity contribution is 0.459. The van der Waals surface area contributed by atoms with Crippen molar-refractivity contribution in [3.8, 4) is 23.0 Å². The second kappa shape index (κ2) is 3.36. The molecule has 6 nitrogen and oxygen atoms in total. The van der Waals surface area contributed by atoms with E-state index < -0.39 is 0 Å². The van der Waals surface area contributed by atoms with Crippen LogP contribution in [0.5, 0.6) is 23.0 Å². The molecule has 3 rings (SSSR count). The highest BCUT2D eigenvalue weighted by Crippen LogP contribution is 2.52. The van der Waals surface area contributed by atoms with Crippen LogP contribution in [0.15, 0.2) is 24.3 Å². The van der Waals surface area contributed by atoms with Crippen LogP contribution in [0, 0.1) is 0 Å². The number of hydrogen-bond donors (Lipinski definition) is 6. The minimum absolute atomic E-state index is 0.0799. The Morgan fingerprint density at radius 3 is 0.944 bits per heavy atom. The van der Waals surface area contributed by atoms with Crippen molar-refractivity contribution < 1.29 is 20.4 Å². The minimum Gasteiger partial charge on any atom is -0.506 e. The summed E-state index contributed by atoms with van der Waals surface area (Å²) in [5.74, 6) is -0.320. The molecule has 1 aliphatic rings. The molecule has 0 saturated carbocycles. The molecule has 0 amide bonds. The summed E-state index contributed by atoms with van der Waals surface area (Å²) in [7, 11) is 0. The van der Waals surface area contributed by atoms with Crippen LogP contribution < -0.4 is 10.6 Å². The van der Waals surface area contributed by atoms with Gasteiger partial charge in [0.2, 0.25) is 0 Å². The molecule has 0 spiro atoms. The molecule has 1 heterocycles. The molecular formula is C12H10N2O4. The van der Waals surface area contributed by atoms with Crippen molar-refractivity contribution in [2.45, 2.75) is 0 Å². The number of hydrogen-bond acceptors (Lipinski definition) is 6. The third-order valence-electron chi connectivity index (χ3n) is 2.82. The van der Waals surface area contributed by atoms with E-state index in [0.717, 1.165) is 0 Å². The lowest BCUT2D eigenvalue weighted by Crippen LogP contribution is -2.07. The first-order valence-corrected chi connectivity index (χ1v) is 5.22. The molecule has 0 fully saturated rings. The molecule has 2 aromatic rings. The first-order chi connectivity index (χ1) is 8.58. The highest BCUT2D eigenvalue weighted by Gasteiger charge is 2.24. The Morgan fingerprint density at radius 1 is 0.500 bits per heavy atom. The molecule has 0 unspecified atom stereocenters. The molecule has 0 aliphatic carbocycles. The number of phenolic OH excluding ortho intramolecular Hbond substituents is 4. The summed E-state index contributed by atoms with van der Waals surface area (Å²) in [5.41, 5.74) is 0.957. The lowest BCUT2D eigenvalue weighted by Gasteiger charge is -2.25. The predicted octanol–water partition coefficient (Wildman–Crippen LogP) is 2.31. The number of benzene rings is 2. The molecular weight excluding hydrogens is 236 g/mol. The van der Waals surface area contributed by atoms with E-state index in [1.165, 1.54) is 24.3 Å². The maximum Gasteiger partial charge on any atom is 0.141 e. The fraction of sp³-hybridized carbons (Fsp3) is 0. The van der Waals surface area contributed by atoms with Crippen LogP contribution in [0.1, 0.15) is 0 Å². The summed E-state index contributed by atoms with van der Waals surface area (Å²) in [6, 6.07) is 5.31. The van der Waals surface area contributed by atoms with Crippen molar-refractivity contribution in [3.05, 3.63) is 24.3 Å². The predicted molar refractivity (Wildman–Crippen MR) is 66.1 cm³/mol. The average Bonchev–Trinajstić information content (AvgIpc) is 2.37. The highest BCUT2D eigenvalue weighted by atomic mass is 16.3. The molecule has 0 aromatic heterocycles. The fourth-order valence-electron chi connectivity index (χ4n) is 1.92. The van der Waals surface area contributed by atoms with Crippen molar-refractivity contribution in [1.29, 1.82) is 0 Å². The highest BCUT2D eigenvalue weighted by molar-refractivity contribution is 5.99. The Labute approximate surface area is 102 Å². The first-order valence-electron chi connectivity index (χ1n) is 5.22. The van der Waals surface area contributed by atoms with E-state index in [1.807, 2.05) is 0 Å². The first kappa shape index (κ1) is 10.4. The molecule has 6 N–H and O–H groups in total. The Morgan fingerprint density at radius 2 is 0.722 bits per heavy atom. The van der Waals surface area contributed by atoms with Crippen LogP contribution in [0.3, 0.4) is 0 Å². The number of anilines is 4. The maximum absolute atomic E-state index is 9.71. The van der Waals surface area contributed by atoms with Crippen LogP contribution in [-0.2, 0) is 0 Å². The van der Waals surface area contributed by atoms with E-state index in [9.17, 15) is 20.4 Å². The van der Waals surface area contributed by atoms with Crippen LogP contribution >= 0.6 is 0 Å². The summed E-state index contributed by atoms with van der Waals surface area (Å²) >= 11 is 0. The van der Waals surface area contributed by atoms with Gasteiger partial charge in [-0.15, -0.1) is 0 Å². The smallest absolute Gasteiger partial charge is 0.141 e. The fourth-order valence-corrected chi connectivity index (χ4v) is 1.92. The van der Waals surface area contributed by atoms with Crippen LogP contribution in [-0.4, -0.2) is 20.4 Å². The quantitative estimate of drug-likeness (QED) is 0.268. The standard InChI is InChI=1S/C12H10N2O4/c15-5-1-2-6(16)10-9(5)13-11-7(17)3-4-8(18)12(11)14-10/h1-4,13-18H. The Bertz CT molecular complexity index is 544. The summed E-state index contributed by atoms with van der Waals surface area (Å²) in [6.45, 7) is 0. The van der Waals surface area contributed by atoms with E-state index in [0.29, 0.717) is 0 Å². The third-order valence-corrected chi connectivity index (χ3v) is 2.82. The Hall–Kier alpha value is -2.76. The molecule has 92 valence electrons. The second-order valence-corrected chi connectivity index (χ2v) is 3.96. The van der Waals surface area contributed by atoms with Crippen molar-refractivity contribution >= 4 is 22.7 Å². The zero-order chi connectivity index (χ0) is 12.9. The second-order valence-electron chi connectivity index (χ2n) is 3.96. The van der Waals surface area contributed by atoms with Gasteiger partial charge in [0.05, 0.1) is 0 Å². The number of rotatable bonds is 0. The van der Waals surface area contributed by atoms with Gasteiger partial charge in [-0.1, -0.05) is 0 Å². The molecule has 6 heteroatoms. The van der Waals surface area contributed by atoms with Gasteiger partial charge in [-0.2, -0.15) is 0 Å². The van der Waals surface area contributed by atoms with E-state index >= 15 is 0 Å². The SMILES string of the molecule is Oc1ccc(O)c2c1Nc1c(O)ccc(O)c1N2. The normalized spacial score (nSPS) is 12.0. The maximum atomic E-state index is 9.71. The lowest BCUT2D eigenvalue weighted by atomic mass is 10.1. The summed E-state index contributed by atoms with van der Waals surface area (Å²) in [6.07, 6.45) is 0. The monoisotopic (exact) mass is 246 g/mol. The molecule has 2 aromatic carbocycles.